The van der Waals surface area contributed by atoms with Crippen molar-refractivity contribution >= 4 is 10.9 Å². The molecule has 0 saturated carbocycles. The Hall–Kier alpha value is -2.22. The first-order chi connectivity index (χ1) is 8.34. The monoisotopic (exact) mass is 218 g/mol. The van der Waals surface area contributed by atoms with Gasteiger partial charge in [0, 0.05) is 12.3 Å². The normalized spacial score (nSPS) is 10.6. The smallest absolute Gasteiger partial charge is 0.116 e. The van der Waals surface area contributed by atoms with E-state index in [0.717, 1.165) is 22.0 Å². The van der Waals surface area contributed by atoms with E-state index in [2.05, 4.69) is 22.1 Å². The molecule has 0 N–H and O–H groups in total. The molecular weight excluding hydrogens is 208 g/mol. The molecule has 0 aliphatic rings. The van der Waals surface area contributed by atoms with Crippen LogP contribution in [0.15, 0.2) is 54.9 Å². The summed E-state index contributed by atoms with van der Waals surface area (Å²) in [5, 5.41) is 0.897. The fourth-order valence-electron chi connectivity index (χ4n) is 1.89. The molecule has 2 nitrogen and oxygen atoms in total. The molecule has 0 fully saturated rings. The van der Waals surface area contributed by atoms with Crippen molar-refractivity contribution < 1.29 is 0 Å². The van der Waals surface area contributed by atoms with E-state index < -0.39 is 0 Å². The van der Waals surface area contributed by atoms with Gasteiger partial charge < -0.3 is 0 Å². The van der Waals surface area contributed by atoms with E-state index in [1.807, 2.05) is 36.4 Å². The van der Waals surface area contributed by atoms with Crippen molar-refractivity contribution in [2.75, 3.05) is 0 Å². The average molecular weight is 218 g/mol. The average Bonchev–Trinajstić information content (AvgIpc) is 2.40. The van der Waals surface area contributed by atoms with Crippen LogP contribution in [0.25, 0.3) is 22.0 Å². The Balaban J connectivity index is 2.23. The van der Waals surface area contributed by atoms with Gasteiger partial charge in [0.05, 0.1) is 11.2 Å². The zero-order valence-electron chi connectivity index (χ0n) is 9.17. The van der Waals surface area contributed by atoms with Crippen molar-refractivity contribution in [1.29, 1.82) is 0 Å². The number of hydrogen-bond donors (Lipinski definition) is 0. The molecular formula is C15H10N2. The third-order valence-corrected chi connectivity index (χ3v) is 2.77. The summed E-state index contributed by atoms with van der Waals surface area (Å²) >= 11 is 0. The molecule has 80 valence electrons. The van der Waals surface area contributed by atoms with Gasteiger partial charge in [0.15, 0.2) is 0 Å². The lowest BCUT2D eigenvalue weighted by Gasteiger charge is -2.04. The molecule has 3 aromatic rings. The molecule has 0 spiro atoms. The Morgan fingerprint density at radius 3 is 2.47 bits per heavy atom. The van der Waals surface area contributed by atoms with E-state index in [1.54, 1.807) is 0 Å². The molecule has 0 saturated heterocycles. The second-order valence-electron chi connectivity index (χ2n) is 3.86. The molecule has 0 amide bonds. The van der Waals surface area contributed by atoms with Crippen LogP contribution in [0.1, 0.15) is 5.69 Å². The SMILES string of the molecule is [CH]c1ncnc2ccc(-c3ccccc3)cc12. The first-order valence-electron chi connectivity index (χ1n) is 5.40. The summed E-state index contributed by atoms with van der Waals surface area (Å²) in [6.45, 7) is 5.85. The zero-order valence-corrected chi connectivity index (χ0v) is 9.17. The van der Waals surface area contributed by atoms with Gasteiger partial charge in [-0.25, -0.2) is 9.97 Å². The lowest BCUT2D eigenvalue weighted by Crippen LogP contribution is -1.87. The zero-order chi connectivity index (χ0) is 11.7. The van der Waals surface area contributed by atoms with E-state index >= 15 is 0 Å². The van der Waals surface area contributed by atoms with Crippen molar-refractivity contribution in [1.82, 2.24) is 9.97 Å². The van der Waals surface area contributed by atoms with Crippen molar-refractivity contribution in [3.8, 4) is 11.1 Å². The molecule has 1 aromatic heterocycles. The van der Waals surface area contributed by atoms with Crippen LogP contribution in [0, 0.1) is 6.92 Å². The minimum absolute atomic E-state index is 0.521. The van der Waals surface area contributed by atoms with E-state index in [0.29, 0.717) is 5.69 Å². The van der Waals surface area contributed by atoms with Gasteiger partial charge in [-0.1, -0.05) is 36.4 Å². The molecule has 2 aromatic carbocycles. The van der Waals surface area contributed by atoms with Gasteiger partial charge in [0.2, 0.25) is 0 Å². The maximum atomic E-state index is 5.85. The predicted molar refractivity (Wildman–Crippen MR) is 68.4 cm³/mol. The molecule has 0 aliphatic heterocycles. The van der Waals surface area contributed by atoms with Crippen LogP contribution >= 0.6 is 0 Å². The number of fused-ring (bicyclic) bond motifs is 1. The minimum atomic E-state index is 0.521. The lowest BCUT2D eigenvalue weighted by molar-refractivity contribution is 1.19. The summed E-state index contributed by atoms with van der Waals surface area (Å²) in [6, 6.07) is 16.2. The number of hydrogen-bond acceptors (Lipinski definition) is 2. The third-order valence-electron chi connectivity index (χ3n) is 2.77. The molecule has 0 aliphatic carbocycles. The largest absolute Gasteiger partial charge is 0.240 e. The Bertz CT molecular complexity index is 660. The van der Waals surface area contributed by atoms with E-state index in [9.17, 15) is 0 Å². The van der Waals surface area contributed by atoms with Crippen LogP contribution in [-0.2, 0) is 0 Å². The molecule has 2 heteroatoms. The fourth-order valence-corrected chi connectivity index (χ4v) is 1.89. The van der Waals surface area contributed by atoms with Gasteiger partial charge in [0.25, 0.3) is 0 Å². The summed E-state index contributed by atoms with van der Waals surface area (Å²) in [5.41, 5.74) is 3.68. The number of aromatic nitrogens is 2. The van der Waals surface area contributed by atoms with Crippen molar-refractivity contribution in [2.24, 2.45) is 0 Å². The highest BCUT2D eigenvalue weighted by Crippen LogP contribution is 2.24. The van der Waals surface area contributed by atoms with Crippen LogP contribution in [0.2, 0.25) is 0 Å². The van der Waals surface area contributed by atoms with Crippen LogP contribution in [0.4, 0.5) is 0 Å². The number of benzene rings is 2. The van der Waals surface area contributed by atoms with E-state index in [4.69, 9.17) is 6.92 Å². The second-order valence-corrected chi connectivity index (χ2v) is 3.86. The van der Waals surface area contributed by atoms with Crippen LogP contribution < -0.4 is 0 Å². The van der Waals surface area contributed by atoms with Gasteiger partial charge >= 0.3 is 0 Å². The molecule has 0 bridgehead atoms. The van der Waals surface area contributed by atoms with E-state index in [-0.39, 0.29) is 0 Å². The second kappa shape index (κ2) is 3.98. The molecule has 17 heavy (non-hydrogen) atoms. The third kappa shape index (κ3) is 1.78. The predicted octanol–water partition coefficient (Wildman–Crippen LogP) is 3.36. The van der Waals surface area contributed by atoms with Crippen molar-refractivity contribution in [3.05, 3.63) is 67.5 Å². The quantitative estimate of drug-likeness (QED) is 0.626. The van der Waals surface area contributed by atoms with Crippen LogP contribution in [-0.4, -0.2) is 9.97 Å². The minimum Gasteiger partial charge on any atom is -0.240 e. The first-order valence-corrected chi connectivity index (χ1v) is 5.40. The van der Waals surface area contributed by atoms with Gasteiger partial charge in [-0.15, -0.1) is 0 Å². The topological polar surface area (TPSA) is 25.8 Å². The van der Waals surface area contributed by atoms with Gasteiger partial charge in [-0.05, 0) is 23.3 Å². The highest BCUT2D eigenvalue weighted by molar-refractivity contribution is 5.86. The molecule has 0 atom stereocenters. The van der Waals surface area contributed by atoms with Crippen LogP contribution in [0.3, 0.4) is 0 Å². The summed E-state index contributed by atoms with van der Waals surface area (Å²) < 4.78 is 0. The van der Waals surface area contributed by atoms with Gasteiger partial charge in [-0.2, -0.15) is 0 Å². The number of nitrogens with zero attached hydrogens (tertiary/aromatic N) is 2. The summed E-state index contributed by atoms with van der Waals surface area (Å²) in [5.74, 6) is 0. The Morgan fingerprint density at radius 1 is 0.824 bits per heavy atom. The standard InChI is InChI=1S/C15H10N2/c1-11-14-9-13(12-5-3-2-4-6-12)7-8-15(14)17-10-16-11/h1-10H. The summed E-state index contributed by atoms with van der Waals surface area (Å²) in [4.78, 5) is 8.19. The van der Waals surface area contributed by atoms with E-state index in [1.165, 1.54) is 6.33 Å². The summed E-state index contributed by atoms with van der Waals surface area (Å²) in [6.07, 6.45) is 1.49. The lowest BCUT2D eigenvalue weighted by atomic mass is 10.0. The Kier molecular flexibility index (Phi) is 2.33. The maximum Gasteiger partial charge on any atom is 0.116 e. The van der Waals surface area contributed by atoms with Crippen LogP contribution in [0.5, 0.6) is 0 Å². The fraction of sp³-hybridized carbons (Fsp3) is 0. The number of rotatable bonds is 1. The van der Waals surface area contributed by atoms with Crippen molar-refractivity contribution in [3.63, 3.8) is 0 Å². The first kappa shape index (κ1) is 9.97. The summed E-state index contributed by atoms with van der Waals surface area (Å²) in [7, 11) is 0. The molecule has 0 unspecified atom stereocenters. The molecule has 3 rings (SSSR count). The maximum absolute atomic E-state index is 5.85. The van der Waals surface area contributed by atoms with Gasteiger partial charge in [-0.3, -0.25) is 0 Å². The molecule has 1 heterocycles. The van der Waals surface area contributed by atoms with Gasteiger partial charge in [0.1, 0.15) is 6.33 Å². The Labute approximate surface area is 100.0 Å². The highest BCUT2D eigenvalue weighted by atomic mass is 14.8. The Morgan fingerprint density at radius 2 is 1.65 bits per heavy atom. The van der Waals surface area contributed by atoms with Crippen molar-refractivity contribution in [2.45, 2.75) is 0 Å². The molecule has 2 radical (unpaired) electrons. The highest BCUT2D eigenvalue weighted by Gasteiger charge is 2.02.